The zero-order valence-electron chi connectivity index (χ0n) is 8.02. The first-order valence-corrected chi connectivity index (χ1v) is 5.60. The summed E-state index contributed by atoms with van der Waals surface area (Å²) in [6.07, 6.45) is 3.08. The molecule has 1 aliphatic rings. The Kier molecular flexibility index (Phi) is 2.89. The first kappa shape index (κ1) is 10.8. The molecule has 1 aliphatic carbocycles. The molecule has 1 aromatic carbocycles. The van der Waals surface area contributed by atoms with Gasteiger partial charge >= 0.3 is 0 Å². The minimum atomic E-state index is -0.0462. The van der Waals surface area contributed by atoms with Gasteiger partial charge in [-0.05, 0) is 30.9 Å². The lowest BCUT2D eigenvalue weighted by Crippen LogP contribution is -2.01. The number of benzene rings is 1. The maximum absolute atomic E-state index is 11.8. The Morgan fingerprint density at radius 1 is 1.13 bits per heavy atom. The number of hydrogen-bond acceptors (Lipinski definition) is 2. The van der Waals surface area contributed by atoms with Crippen LogP contribution in [0.2, 0.25) is 10.0 Å². The van der Waals surface area contributed by atoms with Crippen LogP contribution in [0.15, 0.2) is 6.07 Å². The lowest BCUT2D eigenvalue weighted by molar-refractivity contribution is 0.0982. The maximum atomic E-state index is 11.8. The number of Topliss-reactive ketones (excluding diaryl/α,β-unsaturated/α-hetero) is 1. The van der Waals surface area contributed by atoms with E-state index in [9.17, 15) is 9.90 Å². The van der Waals surface area contributed by atoms with Crippen molar-refractivity contribution in [3.63, 3.8) is 0 Å². The SMILES string of the molecule is O=C1CCCCc2cc(O)c(Cl)c(Cl)c21. The third kappa shape index (κ3) is 1.84. The van der Waals surface area contributed by atoms with Crippen LogP contribution in [0.4, 0.5) is 0 Å². The molecule has 15 heavy (non-hydrogen) atoms. The molecule has 80 valence electrons. The fraction of sp³-hybridized carbons (Fsp3) is 0.364. The van der Waals surface area contributed by atoms with Crippen LogP contribution in [0.5, 0.6) is 5.75 Å². The number of ketones is 1. The van der Waals surface area contributed by atoms with E-state index in [1.165, 1.54) is 0 Å². The van der Waals surface area contributed by atoms with Gasteiger partial charge in [0.25, 0.3) is 0 Å². The molecule has 0 unspecified atom stereocenters. The van der Waals surface area contributed by atoms with E-state index in [-0.39, 0.29) is 21.6 Å². The molecule has 0 radical (unpaired) electrons. The molecule has 4 heteroatoms. The van der Waals surface area contributed by atoms with Crippen LogP contribution in [0, 0.1) is 0 Å². The zero-order chi connectivity index (χ0) is 11.0. The summed E-state index contributed by atoms with van der Waals surface area (Å²) in [5.41, 5.74) is 1.31. The Morgan fingerprint density at radius 2 is 1.80 bits per heavy atom. The second-order valence-electron chi connectivity index (χ2n) is 3.69. The van der Waals surface area contributed by atoms with E-state index in [4.69, 9.17) is 23.2 Å². The van der Waals surface area contributed by atoms with Crippen molar-refractivity contribution in [2.24, 2.45) is 0 Å². The van der Waals surface area contributed by atoms with E-state index >= 15 is 0 Å². The van der Waals surface area contributed by atoms with Crippen molar-refractivity contribution in [2.75, 3.05) is 0 Å². The number of rotatable bonds is 0. The predicted octanol–water partition coefficient (Wildman–Crippen LogP) is 3.61. The number of phenolic OH excluding ortho intramolecular Hbond substituents is 1. The quantitative estimate of drug-likeness (QED) is 0.709. The molecular formula is C11H10Cl2O2. The van der Waals surface area contributed by atoms with Crippen LogP contribution in [-0.4, -0.2) is 10.9 Å². The number of fused-ring (bicyclic) bond motifs is 1. The van der Waals surface area contributed by atoms with Crippen molar-refractivity contribution in [2.45, 2.75) is 25.7 Å². The summed E-state index contributed by atoms with van der Waals surface area (Å²) in [4.78, 5) is 11.8. The Balaban J connectivity index is 2.66. The number of phenols is 1. The van der Waals surface area contributed by atoms with Crippen LogP contribution in [0.25, 0.3) is 0 Å². The highest BCUT2D eigenvalue weighted by Gasteiger charge is 2.22. The van der Waals surface area contributed by atoms with Gasteiger partial charge in [-0.15, -0.1) is 0 Å². The van der Waals surface area contributed by atoms with Gasteiger partial charge in [-0.2, -0.15) is 0 Å². The maximum Gasteiger partial charge on any atom is 0.164 e. The van der Waals surface area contributed by atoms with Gasteiger partial charge in [0.05, 0.1) is 5.02 Å². The standard InChI is InChI=1S/C11H10Cl2O2/c12-10-8(15)5-6-3-1-2-4-7(14)9(6)11(10)13/h5,15H,1-4H2. The molecule has 0 heterocycles. The summed E-state index contributed by atoms with van der Waals surface area (Å²) in [5, 5.41) is 9.77. The lowest BCUT2D eigenvalue weighted by atomic mass is 10.0. The van der Waals surface area contributed by atoms with Crippen molar-refractivity contribution in [3.05, 3.63) is 27.2 Å². The van der Waals surface area contributed by atoms with Crippen molar-refractivity contribution < 1.29 is 9.90 Å². The number of carbonyl (C=O) groups excluding carboxylic acids is 1. The van der Waals surface area contributed by atoms with Gasteiger partial charge in [-0.3, -0.25) is 4.79 Å². The van der Waals surface area contributed by atoms with E-state index in [0.29, 0.717) is 12.0 Å². The van der Waals surface area contributed by atoms with Gasteiger partial charge in [-0.25, -0.2) is 0 Å². The van der Waals surface area contributed by atoms with Crippen LogP contribution < -0.4 is 0 Å². The van der Waals surface area contributed by atoms with E-state index in [0.717, 1.165) is 24.8 Å². The van der Waals surface area contributed by atoms with E-state index < -0.39 is 0 Å². The Labute approximate surface area is 97.8 Å². The molecule has 0 fully saturated rings. The Morgan fingerprint density at radius 3 is 2.53 bits per heavy atom. The third-order valence-corrected chi connectivity index (χ3v) is 3.51. The average Bonchev–Trinajstić information content (AvgIpc) is 2.37. The van der Waals surface area contributed by atoms with Gasteiger partial charge in [0.15, 0.2) is 5.78 Å². The molecule has 0 aliphatic heterocycles. The summed E-state index contributed by atoms with van der Waals surface area (Å²) in [5.74, 6) is -0.0236. The van der Waals surface area contributed by atoms with Crippen molar-refractivity contribution in [1.82, 2.24) is 0 Å². The summed E-state index contributed by atoms with van der Waals surface area (Å²) < 4.78 is 0. The van der Waals surface area contributed by atoms with E-state index in [1.807, 2.05) is 0 Å². The molecule has 0 bridgehead atoms. The number of carbonyl (C=O) groups is 1. The molecule has 1 aromatic rings. The number of halogens is 2. The molecule has 2 nitrogen and oxygen atoms in total. The van der Waals surface area contributed by atoms with Crippen LogP contribution in [0.1, 0.15) is 35.2 Å². The predicted molar refractivity (Wildman–Crippen MR) is 60.0 cm³/mol. The molecule has 0 amide bonds. The second kappa shape index (κ2) is 4.03. The van der Waals surface area contributed by atoms with Gasteiger partial charge in [0.1, 0.15) is 10.8 Å². The smallest absolute Gasteiger partial charge is 0.164 e. The molecule has 1 N–H and O–H groups in total. The highest BCUT2D eigenvalue weighted by Crippen LogP contribution is 2.38. The molecule has 0 saturated heterocycles. The van der Waals surface area contributed by atoms with Crippen molar-refractivity contribution in [1.29, 1.82) is 0 Å². The highest BCUT2D eigenvalue weighted by molar-refractivity contribution is 6.45. The zero-order valence-corrected chi connectivity index (χ0v) is 9.53. The number of aromatic hydroxyl groups is 1. The molecular weight excluding hydrogens is 235 g/mol. The Bertz CT molecular complexity index is 427. The summed E-state index contributed by atoms with van der Waals surface area (Å²) in [6.45, 7) is 0. The third-order valence-electron chi connectivity index (χ3n) is 2.65. The minimum absolute atomic E-state index is 0.0226. The normalized spacial score (nSPS) is 16.0. The Hall–Kier alpha value is -0.730. The van der Waals surface area contributed by atoms with Crippen molar-refractivity contribution >= 4 is 29.0 Å². The van der Waals surface area contributed by atoms with Gasteiger partial charge in [0.2, 0.25) is 0 Å². The molecule has 0 saturated carbocycles. The van der Waals surface area contributed by atoms with E-state index in [1.54, 1.807) is 6.07 Å². The largest absolute Gasteiger partial charge is 0.506 e. The summed E-state index contributed by atoms with van der Waals surface area (Å²) in [7, 11) is 0. The topological polar surface area (TPSA) is 37.3 Å². The van der Waals surface area contributed by atoms with Crippen LogP contribution >= 0.6 is 23.2 Å². The monoisotopic (exact) mass is 244 g/mol. The average molecular weight is 245 g/mol. The molecule has 0 spiro atoms. The van der Waals surface area contributed by atoms with Crippen LogP contribution in [0.3, 0.4) is 0 Å². The lowest BCUT2D eigenvalue weighted by Gasteiger charge is -2.09. The fourth-order valence-corrected chi connectivity index (χ4v) is 2.36. The van der Waals surface area contributed by atoms with Crippen molar-refractivity contribution in [3.8, 4) is 5.75 Å². The summed E-state index contributed by atoms with van der Waals surface area (Å²) >= 11 is 11.8. The summed E-state index contributed by atoms with van der Waals surface area (Å²) in [6, 6.07) is 1.55. The first-order valence-electron chi connectivity index (χ1n) is 4.84. The fourth-order valence-electron chi connectivity index (χ4n) is 1.89. The molecule has 0 atom stereocenters. The van der Waals surface area contributed by atoms with Gasteiger partial charge in [-0.1, -0.05) is 23.2 Å². The van der Waals surface area contributed by atoms with Gasteiger partial charge < -0.3 is 5.11 Å². The van der Waals surface area contributed by atoms with E-state index in [2.05, 4.69) is 0 Å². The first-order chi connectivity index (χ1) is 7.11. The number of hydrogen-bond donors (Lipinski definition) is 1. The minimum Gasteiger partial charge on any atom is -0.506 e. The second-order valence-corrected chi connectivity index (χ2v) is 4.44. The van der Waals surface area contributed by atoms with Crippen LogP contribution in [-0.2, 0) is 6.42 Å². The van der Waals surface area contributed by atoms with Gasteiger partial charge in [0, 0.05) is 12.0 Å². The molecule has 0 aromatic heterocycles. The highest BCUT2D eigenvalue weighted by atomic mass is 35.5. The molecule has 2 rings (SSSR count). The number of aryl methyl sites for hydroxylation is 1.